The number of benzene rings is 2. The highest BCUT2D eigenvalue weighted by Gasteiger charge is 2.25. The van der Waals surface area contributed by atoms with Crippen LogP contribution in [0.2, 0.25) is 0 Å². The van der Waals surface area contributed by atoms with Crippen molar-refractivity contribution in [3.63, 3.8) is 0 Å². The summed E-state index contributed by atoms with van der Waals surface area (Å²) in [6.07, 6.45) is -1.15. The van der Waals surface area contributed by atoms with Gasteiger partial charge in [-0.25, -0.2) is 0 Å². The summed E-state index contributed by atoms with van der Waals surface area (Å²) >= 11 is 3.30. The van der Waals surface area contributed by atoms with E-state index < -0.39 is 11.0 Å². The third kappa shape index (κ3) is 3.20. The molecule has 22 heavy (non-hydrogen) atoms. The van der Waals surface area contributed by atoms with E-state index >= 15 is 0 Å². The second kappa shape index (κ2) is 6.76. The molecular formula is C15H14BrNO5. The normalized spacial score (nSPS) is 11.8. The molecule has 0 aliphatic rings. The molecule has 0 heterocycles. The van der Waals surface area contributed by atoms with Crippen molar-refractivity contribution in [2.75, 3.05) is 14.2 Å². The van der Waals surface area contributed by atoms with E-state index in [1.54, 1.807) is 24.3 Å². The lowest BCUT2D eigenvalue weighted by molar-refractivity contribution is -0.386. The molecule has 0 spiro atoms. The minimum absolute atomic E-state index is 0.143. The van der Waals surface area contributed by atoms with Crippen LogP contribution in [0.25, 0.3) is 0 Å². The lowest BCUT2D eigenvalue weighted by Gasteiger charge is -2.15. The van der Waals surface area contributed by atoms with Crippen molar-refractivity contribution >= 4 is 21.6 Å². The summed E-state index contributed by atoms with van der Waals surface area (Å²) in [4.78, 5) is 10.7. The van der Waals surface area contributed by atoms with Gasteiger partial charge in [-0.2, -0.15) is 0 Å². The number of aliphatic hydroxyl groups is 1. The smallest absolute Gasteiger partial charge is 0.279 e. The van der Waals surface area contributed by atoms with Gasteiger partial charge < -0.3 is 14.6 Å². The van der Waals surface area contributed by atoms with E-state index in [1.807, 2.05) is 0 Å². The Bertz CT molecular complexity index is 687. The Morgan fingerprint density at radius 2 is 1.68 bits per heavy atom. The van der Waals surface area contributed by atoms with Crippen LogP contribution < -0.4 is 9.47 Å². The monoisotopic (exact) mass is 367 g/mol. The fraction of sp³-hybridized carbons (Fsp3) is 0.200. The summed E-state index contributed by atoms with van der Waals surface area (Å²) in [5.41, 5.74) is 0.455. The van der Waals surface area contributed by atoms with Gasteiger partial charge in [0, 0.05) is 4.47 Å². The molecule has 0 saturated carbocycles. The van der Waals surface area contributed by atoms with Gasteiger partial charge in [-0.05, 0) is 23.8 Å². The maximum absolute atomic E-state index is 11.3. The summed E-state index contributed by atoms with van der Waals surface area (Å²) < 4.78 is 11.1. The van der Waals surface area contributed by atoms with Crippen LogP contribution in [0.15, 0.2) is 40.9 Å². The molecule has 1 atom stereocenters. The Labute approximate surface area is 135 Å². The molecule has 0 fully saturated rings. The number of hydrogen-bond donors (Lipinski definition) is 1. The van der Waals surface area contributed by atoms with Crippen molar-refractivity contribution < 1.29 is 19.5 Å². The summed E-state index contributed by atoms with van der Waals surface area (Å²) in [6.45, 7) is 0. The molecule has 116 valence electrons. The van der Waals surface area contributed by atoms with Crippen LogP contribution in [0.1, 0.15) is 17.2 Å². The molecule has 2 aromatic rings. The third-order valence-corrected chi connectivity index (χ3v) is 3.74. The number of nitro benzene ring substituents is 1. The van der Waals surface area contributed by atoms with E-state index in [1.165, 1.54) is 26.4 Å². The first kappa shape index (κ1) is 16.3. The largest absolute Gasteiger partial charge is 0.493 e. The SMILES string of the molecule is COc1cc([C@H](O)c2ccc(Br)cc2)c([N+](=O)[O-])cc1OC. The van der Waals surface area contributed by atoms with Gasteiger partial charge in [0.2, 0.25) is 0 Å². The highest BCUT2D eigenvalue weighted by atomic mass is 79.9. The highest BCUT2D eigenvalue weighted by molar-refractivity contribution is 9.10. The highest BCUT2D eigenvalue weighted by Crippen LogP contribution is 2.39. The fourth-order valence-electron chi connectivity index (χ4n) is 2.09. The lowest BCUT2D eigenvalue weighted by atomic mass is 9.99. The summed E-state index contributed by atoms with van der Waals surface area (Å²) in [7, 11) is 2.83. The molecule has 0 aromatic heterocycles. The lowest BCUT2D eigenvalue weighted by Crippen LogP contribution is -2.05. The van der Waals surface area contributed by atoms with Gasteiger partial charge >= 0.3 is 0 Å². The molecule has 0 aliphatic carbocycles. The first-order chi connectivity index (χ1) is 10.5. The van der Waals surface area contributed by atoms with Crippen LogP contribution in [0.5, 0.6) is 11.5 Å². The average Bonchev–Trinajstić information content (AvgIpc) is 2.53. The van der Waals surface area contributed by atoms with Crippen LogP contribution in [0.4, 0.5) is 5.69 Å². The summed E-state index contributed by atoms with van der Waals surface area (Å²) in [6, 6.07) is 9.56. The molecule has 0 unspecified atom stereocenters. The van der Waals surface area contributed by atoms with Gasteiger partial charge in [0.25, 0.3) is 5.69 Å². The van der Waals surface area contributed by atoms with Gasteiger partial charge in [0.1, 0.15) is 6.10 Å². The molecule has 2 rings (SSSR count). The Morgan fingerprint density at radius 1 is 1.14 bits per heavy atom. The number of hydrogen-bond acceptors (Lipinski definition) is 5. The van der Waals surface area contributed by atoms with Crippen LogP contribution >= 0.6 is 15.9 Å². The van der Waals surface area contributed by atoms with Gasteiger partial charge in [-0.3, -0.25) is 10.1 Å². The van der Waals surface area contributed by atoms with Crippen LogP contribution in [0.3, 0.4) is 0 Å². The van der Waals surface area contributed by atoms with E-state index in [9.17, 15) is 15.2 Å². The van der Waals surface area contributed by atoms with Gasteiger partial charge in [-0.1, -0.05) is 28.1 Å². The van der Waals surface area contributed by atoms with E-state index in [0.29, 0.717) is 11.3 Å². The molecule has 0 saturated heterocycles. The second-order valence-electron chi connectivity index (χ2n) is 4.48. The summed E-state index contributed by atoms with van der Waals surface area (Å²) in [5, 5.41) is 21.7. The maximum Gasteiger partial charge on any atom is 0.279 e. The van der Waals surface area contributed by atoms with Crippen molar-refractivity contribution in [3.05, 3.63) is 62.1 Å². The van der Waals surface area contributed by atoms with Crippen LogP contribution in [0, 0.1) is 10.1 Å². The molecule has 7 heteroatoms. The second-order valence-corrected chi connectivity index (χ2v) is 5.39. The third-order valence-electron chi connectivity index (χ3n) is 3.21. The molecule has 0 radical (unpaired) electrons. The predicted octanol–water partition coefficient (Wildman–Crippen LogP) is 3.46. The molecule has 2 aromatic carbocycles. The van der Waals surface area contributed by atoms with Gasteiger partial charge in [0.15, 0.2) is 11.5 Å². The quantitative estimate of drug-likeness (QED) is 0.646. The molecule has 1 N–H and O–H groups in total. The van der Waals surface area contributed by atoms with Crippen molar-refractivity contribution in [2.45, 2.75) is 6.10 Å². The van der Waals surface area contributed by atoms with Gasteiger partial charge in [0.05, 0.1) is 30.8 Å². The molecule has 0 aliphatic heterocycles. The zero-order valence-electron chi connectivity index (χ0n) is 11.9. The van der Waals surface area contributed by atoms with Crippen LogP contribution in [-0.4, -0.2) is 24.2 Å². The minimum Gasteiger partial charge on any atom is -0.493 e. The molecule has 6 nitrogen and oxygen atoms in total. The molecule has 0 bridgehead atoms. The number of methoxy groups -OCH3 is 2. The van der Waals surface area contributed by atoms with Crippen molar-refractivity contribution in [1.29, 1.82) is 0 Å². The first-order valence-corrected chi connectivity index (χ1v) is 7.11. The zero-order valence-corrected chi connectivity index (χ0v) is 13.5. The average molecular weight is 368 g/mol. The van der Waals surface area contributed by atoms with Crippen LogP contribution in [-0.2, 0) is 0 Å². The Hall–Kier alpha value is -2.12. The zero-order chi connectivity index (χ0) is 16.3. The Kier molecular flexibility index (Phi) is 4.99. The summed E-state index contributed by atoms with van der Waals surface area (Å²) in [5.74, 6) is 0.556. The number of ether oxygens (including phenoxy) is 2. The number of nitrogens with zero attached hydrogens (tertiary/aromatic N) is 1. The number of nitro groups is 1. The topological polar surface area (TPSA) is 81.8 Å². The standard InChI is InChI=1S/C15H14BrNO5/c1-21-13-7-11(12(17(19)20)8-14(13)22-2)15(18)9-3-5-10(16)6-4-9/h3-8,15,18H,1-2H3/t15-/m1/s1. The van der Waals surface area contributed by atoms with E-state index in [0.717, 1.165) is 4.47 Å². The maximum atomic E-state index is 11.3. The van der Waals surface area contributed by atoms with E-state index in [-0.39, 0.29) is 17.0 Å². The minimum atomic E-state index is -1.15. The molecular weight excluding hydrogens is 354 g/mol. The van der Waals surface area contributed by atoms with E-state index in [2.05, 4.69) is 15.9 Å². The molecule has 0 amide bonds. The van der Waals surface area contributed by atoms with Crippen molar-refractivity contribution in [3.8, 4) is 11.5 Å². The number of halogens is 1. The fourth-order valence-corrected chi connectivity index (χ4v) is 2.35. The first-order valence-electron chi connectivity index (χ1n) is 6.31. The number of rotatable bonds is 5. The van der Waals surface area contributed by atoms with Crippen molar-refractivity contribution in [2.24, 2.45) is 0 Å². The Balaban J connectivity index is 2.56. The number of aliphatic hydroxyl groups excluding tert-OH is 1. The predicted molar refractivity (Wildman–Crippen MR) is 84.4 cm³/mol. The van der Waals surface area contributed by atoms with Crippen molar-refractivity contribution in [1.82, 2.24) is 0 Å². The van der Waals surface area contributed by atoms with E-state index in [4.69, 9.17) is 9.47 Å². The van der Waals surface area contributed by atoms with Gasteiger partial charge in [-0.15, -0.1) is 0 Å². The Morgan fingerprint density at radius 3 is 2.18 bits per heavy atom.